The van der Waals surface area contributed by atoms with Crippen molar-refractivity contribution >= 4 is 28.9 Å². The first-order valence-corrected chi connectivity index (χ1v) is 8.01. The van der Waals surface area contributed by atoms with Crippen molar-refractivity contribution in [2.45, 2.75) is 25.8 Å². The van der Waals surface area contributed by atoms with Gasteiger partial charge in [0.2, 0.25) is 5.91 Å². The molecule has 5 heteroatoms. The lowest BCUT2D eigenvalue weighted by Crippen LogP contribution is -2.42. The molecule has 0 radical (unpaired) electrons. The summed E-state index contributed by atoms with van der Waals surface area (Å²) in [6, 6.07) is 12.0. The van der Waals surface area contributed by atoms with E-state index in [1.165, 1.54) is 6.07 Å². The second-order valence-corrected chi connectivity index (χ2v) is 6.28. The normalized spacial score (nSPS) is 16.8. The molecule has 0 fully saturated rings. The lowest BCUT2D eigenvalue weighted by Gasteiger charge is -2.36. The summed E-state index contributed by atoms with van der Waals surface area (Å²) in [6.07, 6.45) is 1.74. The number of benzene rings is 2. The number of nitrogens with zero attached hydrogens (tertiary/aromatic N) is 1. The Hall–Kier alpha value is -2.07. The van der Waals surface area contributed by atoms with Crippen molar-refractivity contribution in [2.75, 3.05) is 16.8 Å². The fourth-order valence-corrected chi connectivity index (χ4v) is 3.05. The van der Waals surface area contributed by atoms with E-state index in [1.807, 2.05) is 4.90 Å². The summed E-state index contributed by atoms with van der Waals surface area (Å²) >= 11 is 5.84. The Bertz CT molecular complexity index is 717. The van der Waals surface area contributed by atoms with Crippen molar-refractivity contribution in [1.82, 2.24) is 0 Å². The number of carbonyl (C=O) groups excluding carboxylic acids is 1. The van der Waals surface area contributed by atoms with E-state index in [0.29, 0.717) is 10.7 Å². The standard InChI is InChI=1S/C18H18ClFN2O/c1-12-2-3-13-10-15(20)6-9-17(13)22(12)11-18(23)21-16-7-4-14(19)5-8-16/h4-10,12H,2-3,11H2,1H3,(H,21,23). The molecule has 1 N–H and O–H groups in total. The lowest BCUT2D eigenvalue weighted by molar-refractivity contribution is -0.115. The van der Waals surface area contributed by atoms with Crippen molar-refractivity contribution in [1.29, 1.82) is 0 Å². The molecule has 1 unspecified atom stereocenters. The highest BCUT2D eigenvalue weighted by Gasteiger charge is 2.25. The number of aryl methyl sites for hydroxylation is 1. The van der Waals surface area contributed by atoms with Crippen LogP contribution < -0.4 is 10.2 Å². The van der Waals surface area contributed by atoms with Crippen LogP contribution in [-0.4, -0.2) is 18.5 Å². The number of carbonyl (C=O) groups is 1. The number of rotatable bonds is 3. The minimum Gasteiger partial charge on any atom is -0.359 e. The van der Waals surface area contributed by atoms with Crippen molar-refractivity contribution in [3.8, 4) is 0 Å². The summed E-state index contributed by atoms with van der Waals surface area (Å²) in [4.78, 5) is 14.4. The minimum atomic E-state index is -0.233. The third kappa shape index (κ3) is 3.64. The molecule has 3 rings (SSSR count). The Kier molecular flexibility index (Phi) is 4.53. The summed E-state index contributed by atoms with van der Waals surface area (Å²) in [5.41, 5.74) is 2.61. The summed E-state index contributed by atoms with van der Waals surface area (Å²) < 4.78 is 13.4. The first-order valence-electron chi connectivity index (χ1n) is 7.63. The van der Waals surface area contributed by atoms with Gasteiger partial charge in [-0.1, -0.05) is 11.6 Å². The molecule has 0 spiro atoms. The van der Waals surface area contributed by atoms with Gasteiger partial charge >= 0.3 is 0 Å². The molecule has 3 nitrogen and oxygen atoms in total. The van der Waals surface area contributed by atoms with Gasteiger partial charge in [0.05, 0.1) is 6.54 Å². The largest absolute Gasteiger partial charge is 0.359 e. The fraction of sp³-hybridized carbons (Fsp3) is 0.278. The minimum absolute atomic E-state index is 0.101. The van der Waals surface area contributed by atoms with E-state index in [2.05, 4.69) is 12.2 Å². The number of anilines is 2. The van der Waals surface area contributed by atoms with Gasteiger partial charge in [0, 0.05) is 22.4 Å². The average molecular weight is 333 g/mol. The van der Waals surface area contributed by atoms with E-state index < -0.39 is 0 Å². The van der Waals surface area contributed by atoms with E-state index in [1.54, 1.807) is 36.4 Å². The maximum atomic E-state index is 13.4. The molecular weight excluding hydrogens is 315 g/mol. The third-order valence-electron chi connectivity index (χ3n) is 4.16. The zero-order chi connectivity index (χ0) is 16.4. The molecular formula is C18H18ClFN2O. The molecule has 1 amide bonds. The highest BCUT2D eigenvalue weighted by molar-refractivity contribution is 6.30. The molecule has 1 atom stereocenters. The van der Waals surface area contributed by atoms with Gasteiger partial charge in [0.1, 0.15) is 5.82 Å². The molecule has 0 saturated carbocycles. The van der Waals surface area contributed by atoms with Crippen LogP contribution in [0.15, 0.2) is 42.5 Å². The van der Waals surface area contributed by atoms with Gasteiger partial charge in [-0.25, -0.2) is 4.39 Å². The molecule has 23 heavy (non-hydrogen) atoms. The topological polar surface area (TPSA) is 32.3 Å². The Morgan fingerprint density at radius 2 is 2.04 bits per heavy atom. The van der Waals surface area contributed by atoms with Crippen LogP contribution in [0.1, 0.15) is 18.9 Å². The third-order valence-corrected chi connectivity index (χ3v) is 4.41. The quantitative estimate of drug-likeness (QED) is 0.911. The van der Waals surface area contributed by atoms with Crippen LogP contribution in [0.25, 0.3) is 0 Å². The van der Waals surface area contributed by atoms with E-state index in [4.69, 9.17) is 11.6 Å². The van der Waals surface area contributed by atoms with Gasteiger partial charge in [0.25, 0.3) is 0 Å². The smallest absolute Gasteiger partial charge is 0.243 e. The number of hydrogen-bond donors (Lipinski definition) is 1. The summed E-state index contributed by atoms with van der Waals surface area (Å²) in [6.45, 7) is 2.32. The number of halogens is 2. The van der Waals surface area contributed by atoms with Crippen LogP contribution in [0.2, 0.25) is 5.02 Å². The first-order chi connectivity index (χ1) is 11.0. The van der Waals surface area contributed by atoms with E-state index in [9.17, 15) is 9.18 Å². The van der Waals surface area contributed by atoms with Crippen molar-refractivity contribution in [3.05, 3.63) is 58.9 Å². The first kappa shape index (κ1) is 15.8. The van der Waals surface area contributed by atoms with Gasteiger partial charge < -0.3 is 10.2 Å². The number of fused-ring (bicyclic) bond motifs is 1. The summed E-state index contributed by atoms with van der Waals surface area (Å²) in [5, 5.41) is 3.49. The van der Waals surface area contributed by atoms with Gasteiger partial charge in [-0.2, -0.15) is 0 Å². The van der Waals surface area contributed by atoms with Crippen molar-refractivity contribution in [2.24, 2.45) is 0 Å². The average Bonchev–Trinajstić information content (AvgIpc) is 2.52. The highest BCUT2D eigenvalue weighted by atomic mass is 35.5. The maximum Gasteiger partial charge on any atom is 0.243 e. The number of amides is 1. The molecule has 2 aromatic rings. The molecule has 1 aliphatic rings. The predicted molar refractivity (Wildman–Crippen MR) is 91.6 cm³/mol. The number of hydrogen-bond acceptors (Lipinski definition) is 2. The van der Waals surface area contributed by atoms with Crippen LogP contribution in [0.3, 0.4) is 0 Å². The van der Waals surface area contributed by atoms with Crippen LogP contribution in [0, 0.1) is 5.82 Å². The molecule has 0 bridgehead atoms. The Labute approximate surface area is 140 Å². The van der Waals surface area contributed by atoms with Gasteiger partial charge in [-0.3, -0.25) is 4.79 Å². The lowest BCUT2D eigenvalue weighted by atomic mass is 9.96. The Balaban J connectivity index is 1.74. The second kappa shape index (κ2) is 6.59. The molecule has 1 aliphatic heterocycles. The molecule has 0 aromatic heterocycles. The van der Waals surface area contributed by atoms with Gasteiger partial charge in [-0.15, -0.1) is 0 Å². The van der Waals surface area contributed by atoms with Crippen LogP contribution in [0.4, 0.5) is 15.8 Å². The zero-order valence-corrected chi connectivity index (χ0v) is 13.6. The van der Waals surface area contributed by atoms with E-state index >= 15 is 0 Å². The van der Waals surface area contributed by atoms with Crippen molar-refractivity contribution < 1.29 is 9.18 Å². The molecule has 0 aliphatic carbocycles. The Morgan fingerprint density at radius 3 is 2.78 bits per heavy atom. The SMILES string of the molecule is CC1CCc2cc(F)ccc2N1CC(=O)Nc1ccc(Cl)cc1. The van der Waals surface area contributed by atoms with E-state index in [0.717, 1.165) is 24.1 Å². The fourth-order valence-electron chi connectivity index (χ4n) is 2.92. The molecule has 120 valence electrons. The van der Waals surface area contributed by atoms with Gasteiger partial charge in [0.15, 0.2) is 0 Å². The molecule has 2 aromatic carbocycles. The maximum absolute atomic E-state index is 13.4. The molecule has 1 heterocycles. The second-order valence-electron chi connectivity index (χ2n) is 5.84. The predicted octanol–water partition coefficient (Wildman–Crippen LogP) is 4.26. The van der Waals surface area contributed by atoms with Crippen molar-refractivity contribution in [3.63, 3.8) is 0 Å². The monoisotopic (exact) mass is 332 g/mol. The zero-order valence-electron chi connectivity index (χ0n) is 12.9. The highest BCUT2D eigenvalue weighted by Crippen LogP contribution is 2.31. The summed E-state index contributed by atoms with van der Waals surface area (Å²) in [7, 11) is 0. The van der Waals surface area contributed by atoms with E-state index in [-0.39, 0.29) is 24.3 Å². The van der Waals surface area contributed by atoms with Gasteiger partial charge in [-0.05, 0) is 67.8 Å². The summed E-state index contributed by atoms with van der Waals surface area (Å²) in [5.74, 6) is -0.333. The van der Waals surface area contributed by atoms with Crippen LogP contribution in [0.5, 0.6) is 0 Å². The van der Waals surface area contributed by atoms with Crippen LogP contribution >= 0.6 is 11.6 Å². The Morgan fingerprint density at radius 1 is 1.30 bits per heavy atom. The van der Waals surface area contributed by atoms with Crippen LogP contribution in [-0.2, 0) is 11.2 Å². The number of nitrogens with one attached hydrogen (secondary N) is 1. The molecule has 0 saturated heterocycles.